The summed E-state index contributed by atoms with van der Waals surface area (Å²) >= 11 is 0. The molecule has 0 saturated heterocycles. The van der Waals surface area contributed by atoms with Crippen LogP contribution < -0.4 is 14.8 Å². The number of nitrogens with zero attached hydrogens (tertiary/aromatic N) is 2. The Balaban J connectivity index is 0.000000128. The van der Waals surface area contributed by atoms with E-state index in [2.05, 4.69) is 127 Å². The molecule has 3 heterocycles. The van der Waals surface area contributed by atoms with Crippen LogP contribution in [0.2, 0.25) is 0 Å². The van der Waals surface area contributed by atoms with E-state index in [-0.39, 0.29) is 30.5 Å². The van der Waals surface area contributed by atoms with Crippen LogP contribution in [0.4, 0.5) is 0 Å². The average Bonchev–Trinajstić information content (AvgIpc) is 3.44. The molecule has 75 heavy (non-hydrogen) atoms. The van der Waals surface area contributed by atoms with Crippen molar-refractivity contribution in [2.75, 3.05) is 54.9 Å². The number of hydrogen-bond donors (Lipinski definition) is 3. The highest BCUT2D eigenvalue weighted by Crippen LogP contribution is 2.38. The fourth-order valence-corrected chi connectivity index (χ4v) is 10.0. The third-order valence-corrected chi connectivity index (χ3v) is 13.8. The van der Waals surface area contributed by atoms with Crippen LogP contribution in [0.5, 0.6) is 17.2 Å². The Hall–Kier alpha value is -7.12. The number of aliphatic hydroxyl groups excluding tert-OH is 1. The Kier molecular flexibility index (Phi) is 17.9. The summed E-state index contributed by atoms with van der Waals surface area (Å²) in [4.78, 5) is 4.18. The van der Waals surface area contributed by atoms with Crippen molar-refractivity contribution in [1.29, 1.82) is 0 Å². The number of nitrogens with one attached hydrogen (secondary N) is 1. The number of hydrogen-bond acceptors (Lipinski definition) is 10. The van der Waals surface area contributed by atoms with Gasteiger partial charge in [-0.1, -0.05) is 182 Å². The molecule has 10 heteroatoms. The number of rotatable bonds is 10. The molecule has 0 amide bonds. The summed E-state index contributed by atoms with van der Waals surface area (Å²) in [6, 6.07) is 67.1. The largest absolute Gasteiger partial charge is 0.507 e. The van der Waals surface area contributed by atoms with Gasteiger partial charge < -0.3 is 49.0 Å². The second-order valence-corrected chi connectivity index (χ2v) is 19.7. The van der Waals surface area contributed by atoms with Crippen LogP contribution in [-0.2, 0) is 34.0 Å². The van der Waals surface area contributed by atoms with Gasteiger partial charge in [0.1, 0.15) is 41.7 Å². The molecule has 3 aliphatic heterocycles. The highest BCUT2D eigenvalue weighted by atomic mass is 16.6. The van der Waals surface area contributed by atoms with Crippen LogP contribution in [0.15, 0.2) is 200 Å². The number of benzene rings is 9. The van der Waals surface area contributed by atoms with Gasteiger partial charge in [0.25, 0.3) is 0 Å². The SMILES string of the molecule is CN(C)CC1OCc2ccccc2C1O.CN(C)C[C@H]1OCc2ccccc2[C@@H]1Oc1cccc2ccccc12.CNC[C@H]1OCc2ccccc2[C@@H]1Oc1cccc2ccccc12.Oc1cccc2ccccc12. The second kappa shape index (κ2) is 25.4. The smallest absolute Gasteiger partial charge is 0.151 e. The third kappa shape index (κ3) is 13.0. The molecule has 0 aliphatic carbocycles. The van der Waals surface area contributed by atoms with E-state index in [1.807, 2.05) is 117 Å². The number of likely N-dealkylation sites (N-methyl/N-ethyl adjacent to an activating group) is 3. The lowest BCUT2D eigenvalue weighted by Gasteiger charge is -2.35. The molecule has 0 fully saturated rings. The van der Waals surface area contributed by atoms with Gasteiger partial charge in [0.15, 0.2) is 12.2 Å². The molecular weight excluding hydrogens is 935 g/mol. The molecule has 0 saturated carbocycles. The Bertz CT molecular complexity index is 3260. The van der Waals surface area contributed by atoms with E-state index in [0.29, 0.717) is 25.6 Å². The van der Waals surface area contributed by atoms with Crippen molar-refractivity contribution in [3.05, 3.63) is 234 Å². The molecule has 0 spiro atoms. The fraction of sp³-hybridized carbons (Fsp3) is 0.262. The Morgan fingerprint density at radius 3 is 1.32 bits per heavy atom. The number of ether oxygens (including phenoxy) is 5. The lowest BCUT2D eigenvalue weighted by molar-refractivity contribution is -0.0720. The molecule has 6 atom stereocenters. The van der Waals surface area contributed by atoms with Gasteiger partial charge in [0.05, 0.1) is 19.8 Å². The zero-order chi connectivity index (χ0) is 52.1. The molecular formula is C65H69N3O7. The van der Waals surface area contributed by atoms with Gasteiger partial charge in [-0.2, -0.15) is 0 Å². The van der Waals surface area contributed by atoms with Crippen LogP contribution in [0, 0.1) is 0 Å². The summed E-state index contributed by atoms with van der Waals surface area (Å²) < 4.78 is 30.9. The molecule has 2 unspecified atom stereocenters. The third-order valence-electron chi connectivity index (χ3n) is 13.8. The minimum absolute atomic E-state index is 0.00358. The lowest BCUT2D eigenvalue weighted by atomic mass is 9.95. The monoisotopic (exact) mass is 1000 g/mol. The number of phenolic OH excluding ortho intramolecular Hbond substituents is 1. The van der Waals surface area contributed by atoms with E-state index in [0.717, 1.165) is 63.8 Å². The van der Waals surface area contributed by atoms with E-state index in [4.69, 9.17) is 23.7 Å². The van der Waals surface area contributed by atoms with Crippen molar-refractivity contribution >= 4 is 32.3 Å². The summed E-state index contributed by atoms with van der Waals surface area (Å²) in [6.07, 6.45) is -0.855. The molecule has 3 aliphatic rings. The van der Waals surface area contributed by atoms with E-state index in [1.54, 1.807) is 6.07 Å². The molecule has 0 bridgehead atoms. The van der Waals surface area contributed by atoms with Gasteiger partial charge in [-0.25, -0.2) is 0 Å². The van der Waals surface area contributed by atoms with Crippen molar-refractivity contribution in [1.82, 2.24) is 15.1 Å². The molecule has 9 aromatic carbocycles. The Labute approximate surface area is 441 Å². The zero-order valence-corrected chi connectivity index (χ0v) is 43.6. The predicted molar refractivity (Wildman–Crippen MR) is 301 cm³/mol. The van der Waals surface area contributed by atoms with Crippen molar-refractivity contribution in [3.63, 3.8) is 0 Å². The first-order chi connectivity index (χ1) is 36.6. The van der Waals surface area contributed by atoms with Crippen molar-refractivity contribution < 1.29 is 33.9 Å². The van der Waals surface area contributed by atoms with Crippen LogP contribution in [0.25, 0.3) is 32.3 Å². The van der Waals surface area contributed by atoms with Crippen LogP contribution >= 0.6 is 0 Å². The maximum atomic E-state index is 10.1. The van der Waals surface area contributed by atoms with Gasteiger partial charge in [-0.3, -0.25) is 0 Å². The first-order valence-corrected chi connectivity index (χ1v) is 25.8. The molecule has 10 nitrogen and oxygen atoms in total. The van der Waals surface area contributed by atoms with E-state index >= 15 is 0 Å². The summed E-state index contributed by atoms with van der Waals surface area (Å²) in [6.45, 7) is 4.21. The molecule has 3 N–H and O–H groups in total. The Morgan fingerprint density at radius 1 is 0.440 bits per heavy atom. The predicted octanol–water partition coefficient (Wildman–Crippen LogP) is 12.2. The molecule has 0 radical (unpaired) electrons. The van der Waals surface area contributed by atoms with E-state index in [1.165, 1.54) is 33.0 Å². The maximum Gasteiger partial charge on any atom is 0.151 e. The van der Waals surface area contributed by atoms with E-state index < -0.39 is 6.10 Å². The first kappa shape index (κ1) is 52.7. The summed E-state index contributed by atoms with van der Waals surface area (Å²) in [5.74, 6) is 2.16. The fourth-order valence-electron chi connectivity index (χ4n) is 10.0. The van der Waals surface area contributed by atoms with Crippen molar-refractivity contribution in [2.24, 2.45) is 0 Å². The average molecular weight is 1000 g/mol. The normalized spacial score (nSPS) is 19.5. The van der Waals surface area contributed by atoms with Crippen molar-refractivity contribution in [3.8, 4) is 17.2 Å². The topological polar surface area (TPSA) is 105 Å². The number of phenols is 1. The van der Waals surface area contributed by atoms with E-state index in [9.17, 15) is 10.2 Å². The summed E-state index contributed by atoms with van der Waals surface area (Å²) in [5, 5.41) is 29.3. The van der Waals surface area contributed by atoms with Crippen LogP contribution in [0.1, 0.15) is 51.7 Å². The van der Waals surface area contributed by atoms with Gasteiger partial charge in [0, 0.05) is 46.9 Å². The minimum atomic E-state index is -0.502. The molecule has 9 aromatic rings. The highest BCUT2D eigenvalue weighted by Gasteiger charge is 2.34. The van der Waals surface area contributed by atoms with Gasteiger partial charge in [-0.15, -0.1) is 0 Å². The maximum absolute atomic E-state index is 10.1. The molecule has 386 valence electrons. The zero-order valence-electron chi connectivity index (χ0n) is 43.6. The number of aromatic hydroxyl groups is 1. The Morgan fingerprint density at radius 2 is 0.813 bits per heavy atom. The van der Waals surface area contributed by atoms with Crippen molar-refractivity contribution in [2.45, 2.75) is 56.4 Å². The van der Waals surface area contributed by atoms with Crippen LogP contribution in [0.3, 0.4) is 0 Å². The van der Waals surface area contributed by atoms with Crippen LogP contribution in [-0.4, -0.2) is 93.2 Å². The summed E-state index contributed by atoms with van der Waals surface area (Å²) in [5.41, 5.74) is 6.97. The van der Waals surface area contributed by atoms with Gasteiger partial charge in [0.2, 0.25) is 0 Å². The lowest BCUT2D eigenvalue weighted by Crippen LogP contribution is -2.39. The highest BCUT2D eigenvalue weighted by molar-refractivity contribution is 5.89. The van der Waals surface area contributed by atoms with Gasteiger partial charge >= 0.3 is 0 Å². The molecule has 0 aromatic heterocycles. The second-order valence-electron chi connectivity index (χ2n) is 19.7. The van der Waals surface area contributed by atoms with Gasteiger partial charge in [-0.05, 0) is 91.8 Å². The quantitative estimate of drug-likeness (QED) is 0.123. The standard InChI is InChI=1S/C22H23NO2.C21H21NO2.C12H17NO2.C10H8O/c1-23(2)14-21-22(19-12-6-4-9-17(19)15-24-21)25-20-13-7-10-16-8-3-5-11-18(16)20;1-22-13-20-21(18-11-5-3-8-16(18)14-23-20)24-19-12-6-9-15-7-2-4-10-17(15)19;1-13(2)7-11-12(14)10-6-4-3-5-9(10)8-15-11;11-10-7-3-5-8-4-1-2-6-9(8)10/h3-13,21-22H,14-15H2,1-2H3;2-12,20-22H,13-14H2,1H3;3-6,11-12,14H,7-8H2,1-2H3;1-7,11H/t21-,22+;20-,21+;;/m11../s1. The first-order valence-electron chi connectivity index (χ1n) is 25.8. The number of aliphatic hydroxyl groups is 1. The minimum Gasteiger partial charge on any atom is -0.507 e. The molecule has 12 rings (SSSR count). The number of fused-ring (bicyclic) bond motifs is 6. The summed E-state index contributed by atoms with van der Waals surface area (Å²) in [7, 11) is 10.0.